The van der Waals surface area contributed by atoms with Crippen LogP contribution in [-0.4, -0.2) is 22.7 Å². The summed E-state index contributed by atoms with van der Waals surface area (Å²) in [6.07, 6.45) is 2.59. The van der Waals surface area contributed by atoms with E-state index in [0.29, 0.717) is 6.04 Å². The molecule has 0 aromatic carbocycles. The Morgan fingerprint density at radius 1 is 1.57 bits per heavy atom. The highest BCUT2D eigenvalue weighted by molar-refractivity contribution is 5.17. The van der Waals surface area contributed by atoms with Crippen molar-refractivity contribution in [2.75, 3.05) is 6.61 Å². The fraction of sp³-hybridized carbons (Fsp3) is 0.545. The van der Waals surface area contributed by atoms with Gasteiger partial charge in [0.25, 0.3) is 0 Å². The van der Waals surface area contributed by atoms with Crippen LogP contribution < -0.4 is 5.32 Å². The fourth-order valence-corrected chi connectivity index (χ4v) is 1.28. The molecule has 1 rings (SSSR count). The lowest BCUT2D eigenvalue weighted by molar-refractivity contribution is 0.268. The second-order valence-corrected chi connectivity index (χ2v) is 3.54. The summed E-state index contributed by atoms with van der Waals surface area (Å²) in [5.74, 6) is 0. The molecule has 1 atom stereocenters. The monoisotopic (exact) mass is 194 g/mol. The van der Waals surface area contributed by atoms with E-state index >= 15 is 0 Å². The van der Waals surface area contributed by atoms with Gasteiger partial charge in [-0.15, -0.1) is 0 Å². The third kappa shape index (κ3) is 3.44. The summed E-state index contributed by atoms with van der Waals surface area (Å²) < 4.78 is 0. The predicted octanol–water partition coefficient (Wildman–Crippen LogP) is 1.25. The van der Waals surface area contributed by atoms with Gasteiger partial charge in [-0.1, -0.05) is 6.07 Å². The van der Waals surface area contributed by atoms with Crippen molar-refractivity contribution in [1.29, 1.82) is 0 Å². The molecule has 0 saturated carbocycles. The summed E-state index contributed by atoms with van der Waals surface area (Å²) in [5, 5.41) is 12.1. The van der Waals surface area contributed by atoms with Crippen molar-refractivity contribution in [1.82, 2.24) is 10.3 Å². The number of aromatic nitrogens is 1. The zero-order valence-corrected chi connectivity index (χ0v) is 8.83. The number of aryl methyl sites for hydroxylation is 1. The van der Waals surface area contributed by atoms with Crippen LogP contribution in [0.15, 0.2) is 18.3 Å². The Morgan fingerprint density at radius 3 is 3.00 bits per heavy atom. The molecule has 0 amide bonds. The lowest BCUT2D eigenvalue weighted by atomic mass is 10.2. The van der Waals surface area contributed by atoms with Crippen LogP contribution >= 0.6 is 0 Å². The molecular formula is C11H18N2O. The van der Waals surface area contributed by atoms with Crippen molar-refractivity contribution in [3.63, 3.8) is 0 Å². The van der Waals surface area contributed by atoms with Gasteiger partial charge in [-0.05, 0) is 31.9 Å². The van der Waals surface area contributed by atoms with Gasteiger partial charge in [-0.25, -0.2) is 0 Å². The molecule has 0 radical (unpaired) electrons. The first-order chi connectivity index (χ1) is 6.74. The normalized spacial score (nSPS) is 12.8. The summed E-state index contributed by atoms with van der Waals surface area (Å²) in [6.45, 7) is 5.14. The standard InChI is InChI=1S/C11H18N2O/c1-9(5-7-14)13-8-11-4-3-6-12-10(11)2/h3-4,6,9,13-14H,5,7-8H2,1-2H3. The third-order valence-electron chi connectivity index (χ3n) is 2.32. The summed E-state index contributed by atoms with van der Waals surface area (Å²) >= 11 is 0. The van der Waals surface area contributed by atoms with Crippen LogP contribution in [-0.2, 0) is 6.54 Å². The molecular weight excluding hydrogens is 176 g/mol. The molecule has 1 aromatic rings. The van der Waals surface area contributed by atoms with Crippen LogP contribution in [0.3, 0.4) is 0 Å². The van der Waals surface area contributed by atoms with Crippen molar-refractivity contribution in [3.8, 4) is 0 Å². The molecule has 0 aliphatic heterocycles. The third-order valence-corrected chi connectivity index (χ3v) is 2.32. The molecule has 3 nitrogen and oxygen atoms in total. The Morgan fingerprint density at radius 2 is 2.36 bits per heavy atom. The summed E-state index contributed by atoms with van der Waals surface area (Å²) in [7, 11) is 0. The van der Waals surface area contributed by atoms with Crippen LogP contribution in [0.25, 0.3) is 0 Å². The maximum Gasteiger partial charge on any atom is 0.0445 e. The molecule has 0 bridgehead atoms. The highest BCUT2D eigenvalue weighted by atomic mass is 16.3. The maximum absolute atomic E-state index is 8.74. The number of aliphatic hydroxyl groups excluding tert-OH is 1. The highest BCUT2D eigenvalue weighted by Gasteiger charge is 2.02. The van der Waals surface area contributed by atoms with Gasteiger partial charge in [-0.3, -0.25) is 4.98 Å². The minimum atomic E-state index is 0.236. The molecule has 0 fully saturated rings. The average molecular weight is 194 g/mol. The Hall–Kier alpha value is -0.930. The molecule has 0 spiro atoms. The van der Waals surface area contributed by atoms with Crippen molar-refractivity contribution in [2.45, 2.75) is 32.9 Å². The minimum absolute atomic E-state index is 0.236. The van der Waals surface area contributed by atoms with E-state index in [-0.39, 0.29) is 6.61 Å². The van der Waals surface area contributed by atoms with Crippen molar-refractivity contribution in [3.05, 3.63) is 29.6 Å². The maximum atomic E-state index is 8.74. The van der Waals surface area contributed by atoms with Gasteiger partial charge >= 0.3 is 0 Å². The van der Waals surface area contributed by atoms with E-state index in [9.17, 15) is 0 Å². The number of aliphatic hydroxyl groups is 1. The first-order valence-corrected chi connectivity index (χ1v) is 4.98. The summed E-state index contributed by atoms with van der Waals surface area (Å²) in [6, 6.07) is 4.36. The molecule has 1 heterocycles. The lowest BCUT2D eigenvalue weighted by Gasteiger charge is -2.12. The zero-order chi connectivity index (χ0) is 10.4. The van der Waals surface area contributed by atoms with Crippen molar-refractivity contribution < 1.29 is 5.11 Å². The lowest BCUT2D eigenvalue weighted by Crippen LogP contribution is -2.26. The van der Waals surface area contributed by atoms with E-state index in [2.05, 4.69) is 23.3 Å². The molecule has 0 aliphatic rings. The summed E-state index contributed by atoms with van der Waals surface area (Å²) in [5.41, 5.74) is 2.29. The Bertz CT molecular complexity index is 276. The van der Waals surface area contributed by atoms with E-state index in [4.69, 9.17) is 5.11 Å². The molecule has 1 unspecified atom stereocenters. The molecule has 78 valence electrons. The van der Waals surface area contributed by atoms with E-state index in [1.807, 2.05) is 13.0 Å². The van der Waals surface area contributed by atoms with Crippen LogP contribution in [0.5, 0.6) is 0 Å². The van der Waals surface area contributed by atoms with Crippen LogP contribution in [0.1, 0.15) is 24.6 Å². The SMILES string of the molecule is Cc1ncccc1CNC(C)CCO. The van der Waals surface area contributed by atoms with Gasteiger partial charge in [-0.2, -0.15) is 0 Å². The minimum Gasteiger partial charge on any atom is -0.396 e. The Balaban J connectivity index is 2.41. The van der Waals surface area contributed by atoms with Crippen LogP contribution in [0.4, 0.5) is 0 Å². The number of nitrogens with zero attached hydrogens (tertiary/aromatic N) is 1. The molecule has 3 heteroatoms. The second-order valence-electron chi connectivity index (χ2n) is 3.54. The van der Waals surface area contributed by atoms with Gasteiger partial charge in [0.15, 0.2) is 0 Å². The predicted molar refractivity (Wildman–Crippen MR) is 57.0 cm³/mol. The first-order valence-electron chi connectivity index (χ1n) is 4.98. The molecule has 0 aliphatic carbocycles. The van der Waals surface area contributed by atoms with E-state index in [1.165, 1.54) is 5.56 Å². The molecule has 1 aromatic heterocycles. The largest absolute Gasteiger partial charge is 0.396 e. The number of rotatable bonds is 5. The van der Waals surface area contributed by atoms with Crippen molar-refractivity contribution >= 4 is 0 Å². The Kier molecular flexibility index (Phi) is 4.56. The number of pyridine rings is 1. The van der Waals surface area contributed by atoms with Gasteiger partial charge in [0.1, 0.15) is 0 Å². The number of hydrogen-bond acceptors (Lipinski definition) is 3. The topological polar surface area (TPSA) is 45.2 Å². The fourth-order valence-electron chi connectivity index (χ4n) is 1.28. The molecule has 0 saturated heterocycles. The quantitative estimate of drug-likeness (QED) is 0.741. The van der Waals surface area contributed by atoms with Gasteiger partial charge in [0.2, 0.25) is 0 Å². The summed E-state index contributed by atoms with van der Waals surface area (Å²) in [4.78, 5) is 4.21. The van der Waals surface area contributed by atoms with Crippen LogP contribution in [0.2, 0.25) is 0 Å². The number of nitrogens with one attached hydrogen (secondary N) is 1. The van der Waals surface area contributed by atoms with E-state index in [0.717, 1.165) is 18.7 Å². The highest BCUT2D eigenvalue weighted by Crippen LogP contribution is 2.03. The number of hydrogen-bond donors (Lipinski definition) is 2. The zero-order valence-electron chi connectivity index (χ0n) is 8.83. The van der Waals surface area contributed by atoms with Crippen molar-refractivity contribution in [2.24, 2.45) is 0 Å². The second kappa shape index (κ2) is 5.73. The first kappa shape index (κ1) is 11.1. The van der Waals surface area contributed by atoms with E-state index < -0.39 is 0 Å². The molecule has 2 N–H and O–H groups in total. The van der Waals surface area contributed by atoms with Gasteiger partial charge in [0.05, 0.1) is 0 Å². The van der Waals surface area contributed by atoms with Gasteiger partial charge < -0.3 is 10.4 Å². The Labute approximate surface area is 85.2 Å². The smallest absolute Gasteiger partial charge is 0.0445 e. The average Bonchev–Trinajstić information content (AvgIpc) is 2.17. The van der Waals surface area contributed by atoms with Crippen LogP contribution in [0, 0.1) is 6.92 Å². The van der Waals surface area contributed by atoms with Gasteiger partial charge in [0, 0.05) is 31.1 Å². The van der Waals surface area contributed by atoms with E-state index in [1.54, 1.807) is 6.20 Å². The molecule has 14 heavy (non-hydrogen) atoms.